The Balaban J connectivity index is 1.39. The highest BCUT2D eigenvalue weighted by atomic mass is 16.5. The van der Waals surface area contributed by atoms with E-state index in [1.165, 1.54) is 24.2 Å². The van der Waals surface area contributed by atoms with Gasteiger partial charge in [0, 0.05) is 19.5 Å². The number of rotatable bonds is 12. The molecule has 1 amide bonds. The number of hydrogen-bond acceptors (Lipinski definition) is 3. The van der Waals surface area contributed by atoms with Gasteiger partial charge in [0.05, 0.1) is 24.6 Å². The number of fused-ring (bicyclic) bond motifs is 1. The largest absolute Gasteiger partial charge is 0.497 e. The Bertz CT molecular complexity index is 931. The van der Waals surface area contributed by atoms with Crippen LogP contribution in [0, 0.1) is 0 Å². The molecule has 160 valence electrons. The van der Waals surface area contributed by atoms with Crippen LogP contribution in [0.2, 0.25) is 0 Å². The summed E-state index contributed by atoms with van der Waals surface area (Å²) in [6.45, 7) is 3.98. The Labute approximate surface area is 179 Å². The van der Waals surface area contributed by atoms with Crippen molar-refractivity contribution >= 4 is 16.9 Å². The van der Waals surface area contributed by atoms with Crippen LogP contribution in [-0.4, -0.2) is 29.1 Å². The lowest BCUT2D eigenvalue weighted by molar-refractivity contribution is -0.120. The molecule has 0 aliphatic carbocycles. The van der Waals surface area contributed by atoms with Crippen molar-refractivity contribution in [2.75, 3.05) is 13.7 Å². The molecule has 0 saturated heterocycles. The van der Waals surface area contributed by atoms with Crippen molar-refractivity contribution < 1.29 is 9.53 Å². The summed E-state index contributed by atoms with van der Waals surface area (Å²) in [4.78, 5) is 17.0. The predicted octanol–water partition coefficient (Wildman–Crippen LogP) is 4.92. The number of aryl methyl sites for hydroxylation is 2. The van der Waals surface area contributed by atoms with Gasteiger partial charge in [0.25, 0.3) is 0 Å². The van der Waals surface area contributed by atoms with E-state index in [0.29, 0.717) is 6.42 Å². The summed E-state index contributed by atoms with van der Waals surface area (Å²) in [5.41, 5.74) is 3.33. The monoisotopic (exact) mass is 407 g/mol. The number of carbonyl (C=O) groups is 1. The Morgan fingerprint density at radius 1 is 1.03 bits per heavy atom. The quantitative estimate of drug-likeness (QED) is 0.434. The fraction of sp³-hybridized carbons (Fsp3) is 0.440. The van der Waals surface area contributed by atoms with Gasteiger partial charge in [0.15, 0.2) is 0 Å². The van der Waals surface area contributed by atoms with Crippen molar-refractivity contribution in [1.82, 2.24) is 14.9 Å². The highest BCUT2D eigenvalue weighted by Gasteiger charge is 2.10. The molecule has 2 aromatic carbocycles. The summed E-state index contributed by atoms with van der Waals surface area (Å²) in [6, 6.07) is 16.0. The minimum absolute atomic E-state index is 0.0709. The maximum atomic E-state index is 12.1. The van der Waals surface area contributed by atoms with Gasteiger partial charge >= 0.3 is 0 Å². The van der Waals surface area contributed by atoms with Crippen molar-refractivity contribution in [3.63, 3.8) is 0 Å². The molecule has 3 rings (SSSR count). The number of amides is 1. The molecule has 0 bridgehead atoms. The minimum atomic E-state index is 0.0709. The number of para-hydroxylation sites is 2. The van der Waals surface area contributed by atoms with E-state index in [9.17, 15) is 4.79 Å². The molecule has 0 unspecified atom stereocenters. The van der Waals surface area contributed by atoms with Crippen molar-refractivity contribution in [3.8, 4) is 5.75 Å². The zero-order chi connectivity index (χ0) is 21.2. The third-order valence-corrected chi connectivity index (χ3v) is 5.39. The van der Waals surface area contributed by atoms with Crippen LogP contribution in [0.1, 0.15) is 50.4 Å². The highest BCUT2D eigenvalue weighted by molar-refractivity contribution is 5.78. The molecular weight excluding hydrogens is 374 g/mol. The van der Waals surface area contributed by atoms with E-state index in [4.69, 9.17) is 9.72 Å². The SMILES string of the molecule is CCCCn1c(CCCCCNC(=O)Cc2ccc(OC)cc2)nc2ccccc21. The summed E-state index contributed by atoms with van der Waals surface area (Å²) in [5.74, 6) is 2.07. The molecule has 1 N–H and O–H groups in total. The molecule has 30 heavy (non-hydrogen) atoms. The summed E-state index contributed by atoms with van der Waals surface area (Å²) < 4.78 is 7.53. The van der Waals surface area contributed by atoms with Crippen molar-refractivity contribution in [2.45, 2.75) is 58.4 Å². The van der Waals surface area contributed by atoms with E-state index >= 15 is 0 Å². The molecule has 1 aromatic heterocycles. The standard InChI is InChI=1S/C25H33N3O2/c1-3-4-18-28-23-11-8-7-10-22(23)27-24(28)12-6-5-9-17-26-25(29)19-20-13-15-21(30-2)16-14-20/h7-8,10-11,13-16H,3-6,9,12,17-19H2,1-2H3,(H,26,29). The molecule has 5 nitrogen and oxygen atoms in total. The third kappa shape index (κ3) is 6.09. The number of methoxy groups -OCH3 is 1. The topological polar surface area (TPSA) is 56.2 Å². The molecule has 3 aromatic rings. The number of nitrogens with one attached hydrogen (secondary N) is 1. The number of nitrogens with zero attached hydrogens (tertiary/aromatic N) is 2. The molecular formula is C25H33N3O2. The van der Waals surface area contributed by atoms with Gasteiger partial charge in [-0.25, -0.2) is 4.98 Å². The average molecular weight is 408 g/mol. The first-order valence-electron chi connectivity index (χ1n) is 11.0. The fourth-order valence-corrected chi connectivity index (χ4v) is 3.69. The minimum Gasteiger partial charge on any atom is -0.497 e. The fourth-order valence-electron chi connectivity index (χ4n) is 3.69. The first-order chi connectivity index (χ1) is 14.7. The smallest absolute Gasteiger partial charge is 0.224 e. The van der Waals surface area contributed by atoms with Gasteiger partial charge in [-0.2, -0.15) is 0 Å². The van der Waals surface area contributed by atoms with Crippen molar-refractivity contribution in [3.05, 3.63) is 59.9 Å². The number of unbranched alkanes of at least 4 members (excludes halogenated alkanes) is 3. The molecule has 5 heteroatoms. The van der Waals surface area contributed by atoms with Crippen LogP contribution in [0.25, 0.3) is 11.0 Å². The number of carbonyl (C=O) groups excluding carboxylic acids is 1. The molecule has 0 spiro atoms. The van der Waals surface area contributed by atoms with Crippen LogP contribution in [-0.2, 0) is 24.2 Å². The predicted molar refractivity (Wildman–Crippen MR) is 122 cm³/mol. The summed E-state index contributed by atoms with van der Waals surface area (Å²) >= 11 is 0. The Morgan fingerprint density at radius 2 is 1.83 bits per heavy atom. The second kappa shape index (κ2) is 11.4. The van der Waals surface area contributed by atoms with Gasteiger partial charge in [0.2, 0.25) is 5.91 Å². The molecule has 0 saturated carbocycles. The van der Waals surface area contributed by atoms with Gasteiger partial charge in [-0.15, -0.1) is 0 Å². The summed E-state index contributed by atoms with van der Waals surface area (Å²) in [5, 5.41) is 3.03. The number of aromatic nitrogens is 2. The second-order valence-corrected chi connectivity index (χ2v) is 7.71. The first kappa shape index (κ1) is 21.9. The van der Waals surface area contributed by atoms with Gasteiger partial charge < -0.3 is 14.6 Å². The first-order valence-corrected chi connectivity index (χ1v) is 11.0. The molecule has 0 atom stereocenters. The molecule has 1 heterocycles. The zero-order valence-corrected chi connectivity index (χ0v) is 18.2. The maximum absolute atomic E-state index is 12.1. The van der Waals surface area contributed by atoms with Gasteiger partial charge in [-0.05, 0) is 49.1 Å². The molecule has 0 aliphatic heterocycles. The van der Waals surface area contributed by atoms with Crippen LogP contribution in [0.4, 0.5) is 0 Å². The lowest BCUT2D eigenvalue weighted by atomic mass is 10.1. The van der Waals surface area contributed by atoms with Crippen molar-refractivity contribution in [2.24, 2.45) is 0 Å². The summed E-state index contributed by atoms with van der Waals surface area (Å²) in [6.07, 6.45) is 6.91. The number of benzene rings is 2. The van der Waals surface area contributed by atoms with E-state index in [2.05, 4.69) is 41.1 Å². The second-order valence-electron chi connectivity index (χ2n) is 7.71. The molecule has 0 radical (unpaired) electrons. The average Bonchev–Trinajstić information content (AvgIpc) is 3.12. The number of hydrogen-bond donors (Lipinski definition) is 1. The Kier molecular flexibility index (Phi) is 8.30. The molecule has 0 aliphatic rings. The summed E-state index contributed by atoms with van der Waals surface area (Å²) in [7, 11) is 1.64. The number of imidazole rings is 1. The van der Waals surface area contributed by atoms with E-state index in [-0.39, 0.29) is 5.91 Å². The van der Waals surface area contributed by atoms with Crippen LogP contribution in [0.15, 0.2) is 48.5 Å². The molecule has 0 fully saturated rings. The van der Waals surface area contributed by atoms with E-state index in [1.54, 1.807) is 7.11 Å². The lowest BCUT2D eigenvalue weighted by Crippen LogP contribution is -2.26. The van der Waals surface area contributed by atoms with Crippen LogP contribution >= 0.6 is 0 Å². The lowest BCUT2D eigenvalue weighted by Gasteiger charge is -2.09. The van der Waals surface area contributed by atoms with Crippen LogP contribution < -0.4 is 10.1 Å². The van der Waals surface area contributed by atoms with Crippen LogP contribution in [0.5, 0.6) is 5.75 Å². The highest BCUT2D eigenvalue weighted by Crippen LogP contribution is 2.18. The van der Waals surface area contributed by atoms with E-state index in [1.807, 2.05) is 24.3 Å². The number of ether oxygens (including phenoxy) is 1. The third-order valence-electron chi connectivity index (χ3n) is 5.39. The van der Waals surface area contributed by atoms with Crippen LogP contribution in [0.3, 0.4) is 0 Å². The van der Waals surface area contributed by atoms with Crippen molar-refractivity contribution in [1.29, 1.82) is 0 Å². The van der Waals surface area contributed by atoms with Gasteiger partial charge in [0.1, 0.15) is 11.6 Å². The van der Waals surface area contributed by atoms with Gasteiger partial charge in [-0.1, -0.05) is 44.0 Å². The Morgan fingerprint density at radius 3 is 2.60 bits per heavy atom. The Hall–Kier alpha value is -2.82. The zero-order valence-electron chi connectivity index (χ0n) is 18.2. The maximum Gasteiger partial charge on any atom is 0.224 e. The van der Waals surface area contributed by atoms with E-state index in [0.717, 1.165) is 55.6 Å². The van der Waals surface area contributed by atoms with Gasteiger partial charge in [-0.3, -0.25) is 4.79 Å². The van der Waals surface area contributed by atoms with E-state index < -0.39 is 0 Å². The normalized spacial score (nSPS) is 11.0.